The van der Waals surface area contributed by atoms with E-state index in [1.807, 2.05) is 0 Å². The average Bonchev–Trinajstić information content (AvgIpc) is 2.28. The van der Waals surface area contributed by atoms with Gasteiger partial charge in [-0.25, -0.2) is 0 Å². The SMILES string of the molecule is C=[CH][Sn]([CH]=C)([CH2]CCCC)[CH2]CCCC. The molecule has 1 heteroatoms. The average molecular weight is 315 g/mol. The molecule has 0 aliphatic heterocycles. The summed E-state index contributed by atoms with van der Waals surface area (Å²) in [5, 5.41) is 0. The zero-order chi connectivity index (χ0) is 11.6. The van der Waals surface area contributed by atoms with Gasteiger partial charge in [0.1, 0.15) is 0 Å². The molecule has 0 radical (unpaired) electrons. The third-order valence-corrected chi connectivity index (χ3v) is 15.3. The van der Waals surface area contributed by atoms with Crippen LogP contribution in [0.4, 0.5) is 0 Å². The first kappa shape index (κ1) is 15.3. The van der Waals surface area contributed by atoms with Crippen LogP contribution in [0.25, 0.3) is 0 Å². The molecule has 0 nitrogen and oxygen atoms in total. The summed E-state index contributed by atoms with van der Waals surface area (Å²) in [5.74, 6) is 0. The Bertz CT molecular complexity index is 152. The summed E-state index contributed by atoms with van der Waals surface area (Å²) in [4.78, 5) is 0. The number of hydrogen-bond acceptors (Lipinski definition) is 0. The summed E-state index contributed by atoms with van der Waals surface area (Å²) in [7, 11) is 0. The fourth-order valence-corrected chi connectivity index (χ4v) is 10.7. The van der Waals surface area contributed by atoms with Crippen molar-refractivity contribution >= 4 is 18.4 Å². The molecule has 0 saturated heterocycles. The standard InChI is InChI=1S/2C5H11.2C2H3.Sn/c2*1-3-5-4-2;2*1-2;/h2*1,3-5H2,2H3;2*1H,2H2;. The van der Waals surface area contributed by atoms with Crippen molar-refractivity contribution in [3.63, 3.8) is 0 Å². The molecule has 0 spiro atoms. The van der Waals surface area contributed by atoms with E-state index in [1.165, 1.54) is 47.4 Å². The molecule has 88 valence electrons. The van der Waals surface area contributed by atoms with Crippen molar-refractivity contribution < 1.29 is 0 Å². The Morgan fingerprint density at radius 2 is 1.20 bits per heavy atom. The third-order valence-electron chi connectivity index (χ3n) is 3.30. The van der Waals surface area contributed by atoms with Crippen LogP contribution in [-0.2, 0) is 0 Å². The monoisotopic (exact) mass is 316 g/mol. The molecule has 0 bridgehead atoms. The van der Waals surface area contributed by atoms with Crippen LogP contribution in [0.3, 0.4) is 0 Å². The van der Waals surface area contributed by atoms with Gasteiger partial charge in [-0.05, 0) is 0 Å². The molecule has 0 heterocycles. The van der Waals surface area contributed by atoms with Crippen molar-refractivity contribution in [1.29, 1.82) is 0 Å². The summed E-state index contributed by atoms with van der Waals surface area (Å²) in [5.41, 5.74) is 0. The van der Waals surface area contributed by atoms with Gasteiger partial charge in [-0.2, -0.15) is 0 Å². The summed E-state index contributed by atoms with van der Waals surface area (Å²) in [6.07, 6.45) is 8.21. The van der Waals surface area contributed by atoms with Gasteiger partial charge in [0.2, 0.25) is 0 Å². The molecule has 0 unspecified atom stereocenters. The van der Waals surface area contributed by atoms with Crippen molar-refractivity contribution in [2.45, 2.75) is 61.2 Å². The molecule has 0 aromatic heterocycles. The second-order valence-corrected chi connectivity index (χ2v) is 16.8. The zero-order valence-corrected chi connectivity index (χ0v) is 13.6. The number of unbranched alkanes of at least 4 members (excludes halogenated alkanes) is 4. The molecule has 0 fully saturated rings. The summed E-state index contributed by atoms with van der Waals surface area (Å²) in [6.45, 7) is 12.7. The molecule has 0 aliphatic carbocycles. The first-order valence-corrected chi connectivity index (χ1v) is 13.8. The van der Waals surface area contributed by atoms with Gasteiger partial charge in [0.15, 0.2) is 0 Å². The first-order valence-electron chi connectivity index (χ1n) is 6.52. The van der Waals surface area contributed by atoms with E-state index >= 15 is 0 Å². The first-order chi connectivity index (χ1) is 7.24. The van der Waals surface area contributed by atoms with Gasteiger partial charge in [-0.15, -0.1) is 0 Å². The molecule has 0 aliphatic rings. The van der Waals surface area contributed by atoms with E-state index in [9.17, 15) is 0 Å². The Kier molecular flexibility index (Phi) is 9.68. The summed E-state index contributed by atoms with van der Waals surface area (Å²) >= 11 is -2.06. The Hall–Kier alpha value is 0.279. The summed E-state index contributed by atoms with van der Waals surface area (Å²) < 4.78 is 7.54. The van der Waals surface area contributed by atoms with Gasteiger partial charge in [0, 0.05) is 0 Å². The predicted molar refractivity (Wildman–Crippen MR) is 74.8 cm³/mol. The van der Waals surface area contributed by atoms with E-state index in [2.05, 4.69) is 35.2 Å². The summed E-state index contributed by atoms with van der Waals surface area (Å²) in [6, 6.07) is 0. The Morgan fingerprint density at radius 1 is 0.800 bits per heavy atom. The van der Waals surface area contributed by atoms with Gasteiger partial charge < -0.3 is 0 Å². The van der Waals surface area contributed by atoms with E-state index in [0.29, 0.717) is 0 Å². The molecule has 0 aromatic carbocycles. The van der Waals surface area contributed by atoms with Crippen LogP contribution in [-0.4, -0.2) is 18.4 Å². The molecule has 0 rings (SSSR count). The minimum atomic E-state index is -2.06. The van der Waals surface area contributed by atoms with Gasteiger partial charge in [-0.1, -0.05) is 0 Å². The normalized spacial score (nSPS) is 11.3. The van der Waals surface area contributed by atoms with Crippen LogP contribution < -0.4 is 0 Å². The fourth-order valence-electron chi connectivity index (χ4n) is 2.02. The van der Waals surface area contributed by atoms with Gasteiger partial charge in [-0.3, -0.25) is 0 Å². The van der Waals surface area contributed by atoms with E-state index in [-0.39, 0.29) is 0 Å². The third kappa shape index (κ3) is 6.44. The topological polar surface area (TPSA) is 0 Å². The molecule has 15 heavy (non-hydrogen) atoms. The molecular formula is C14H28Sn. The van der Waals surface area contributed by atoms with Gasteiger partial charge in [0.25, 0.3) is 0 Å². The van der Waals surface area contributed by atoms with E-state index < -0.39 is 18.4 Å². The van der Waals surface area contributed by atoms with Crippen molar-refractivity contribution in [2.24, 2.45) is 0 Å². The quantitative estimate of drug-likeness (QED) is 0.381. The van der Waals surface area contributed by atoms with Crippen molar-refractivity contribution in [1.82, 2.24) is 0 Å². The second kappa shape index (κ2) is 9.50. The van der Waals surface area contributed by atoms with Crippen molar-refractivity contribution in [3.05, 3.63) is 21.3 Å². The molecule has 0 N–H and O–H groups in total. The Labute approximate surface area is 101 Å². The maximum absolute atomic E-state index is 4.08. The Morgan fingerprint density at radius 3 is 1.47 bits per heavy atom. The van der Waals surface area contributed by atoms with Gasteiger partial charge in [0.05, 0.1) is 0 Å². The zero-order valence-electron chi connectivity index (χ0n) is 10.7. The predicted octanol–water partition coefficient (Wildman–Crippen LogP) is 5.27. The van der Waals surface area contributed by atoms with Crippen LogP contribution in [0.2, 0.25) is 8.87 Å². The molecule has 0 aromatic rings. The van der Waals surface area contributed by atoms with Crippen LogP contribution in [0.1, 0.15) is 52.4 Å². The van der Waals surface area contributed by atoms with E-state index in [1.54, 1.807) is 0 Å². The fraction of sp³-hybridized carbons (Fsp3) is 0.714. The molecule has 0 amide bonds. The van der Waals surface area contributed by atoms with Crippen LogP contribution in [0.15, 0.2) is 21.3 Å². The van der Waals surface area contributed by atoms with Crippen LogP contribution >= 0.6 is 0 Å². The Balaban J connectivity index is 4.05. The molecule has 0 saturated carbocycles. The second-order valence-electron chi connectivity index (χ2n) is 4.56. The minimum absolute atomic E-state index is 1.32. The number of hydrogen-bond donors (Lipinski definition) is 0. The van der Waals surface area contributed by atoms with Crippen LogP contribution in [0, 0.1) is 0 Å². The van der Waals surface area contributed by atoms with Crippen molar-refractivity contribution in [3.8, 4) is 0 Å². The number of rotatable bonds is 10. The van der Waals surface area contributed by atoms with Crippen molar-refractivity contribution in [2.75, 3.05) is 0 Å². The molecular weight excluding hydrogens is 287 g/mol. The van der Waals surface area contributed by atoms with Gasteiger partial charge >= 0.3 is 101 Å². The molecule has 0 atom stereocenters. The van der Waals surface area contributed by atoms with E-state index in [4.69, 9.17) is 0 Å². The maximum atomic E-state index is 4.08. The van der Waals surface area contributed by atoms with Crippen LogP contribution in [0.5, 0.6) is 0 Å². The van der Waals surface area contributed by atoms with E-state index in [0.717, 1.165) is 0 Å².